The van der Waals surface area contributed by atoms with E-state index in [-0.39, 0.29) is 46.1 Å². The van der Waals surface area contributed by atoms with Crippen molar-refractivity contribution in [2.75, 3.05) is 17.7 Å². The molecule has 1 aromatic carbocycles. The number of halogens is 3. The number of pyridine rings is 1. The van der Waals surface area contributed by atoms with Crippen LogP contribution in [-0.4, -0.2) is 51.0 Å². The van der Waals surface area contributed by atoms with Crippen LogP contribution in [0.1, 0.15) is 39.3 Å². The molecule has 0 bridgehead atoms. The maximum absolute atomic E-state index is 14.3. The lowest BCUT2D eigenvalue weighted by atomic mass is 10.0. The Hall–Kier alpha value is -4.48. The zero-order chi connectivity index (χ0) is 25.4. The largest absolute Gasteiger partial charge is 0.385 e. The smallest absolute Gasteiger partial charge is 0.274 e. The molecule has 0 unspecified atom stereocenters. The van der Waals surface area contributed by atoms with E-state index in [1.165, 1.54) is 41.2 Å². The molecule has 5 rings (SSSR count). The molecule has 2 atom stereocenters. The summed E-state index contributed by atoms with van der Waals surface area (Å²) in [4.78, 5) is 32.6. The minimum absolute atomic E-state index is 0.00187. The second kappa shape index (κ2) is 9.29. The van der Waals surface area contributed by atoms with Crippen LogP contribution in [0.15, 0.2) is 48.8 Å². The molecule has 1 saturated carbocycles. The summed E-state index contributed by atoms with van der Waals surface area (Å²) < 4.78 is 43.4. The average molecular weight is 495 g/mol. The van der Waals surface area contributed by atoms with Crippen LogP contribution < -0.4 is 16.0 Å². The summed E-state index contributed by atoms with van der Waals surface area (Å²) >= 11 is 0. The second-order valence-corrected chi connectivity index (χ2v) is 8.16. The molecule has 1 fully saturated rings. The molecule has 3 heterocycles. The van der Waals surface area contributed by atoms with Gasteiger partial charge in [-0.1, -0.05) is 12.1 Å². The van der Waals surface area contributed by atoms with Gasteiger partial charge < -0.3 is 16.0 Å². The van der Waals surface area contributed by atoms with Crippen molar-refractivity contribution in [1.29, 1.82) is 0 Å². The average Bonchev–Trinajstić information content (AvgIpc) is 3.44. The third kappa shape index (κ3) is 4.21. The number of hydrogen-bond acceptors (Lipinski definition) is 7. The summed E-state index contributed by atoms with van der Waals surface area (Å²) in [6, 6.07) is 8.46. The van der Waals surface area contributed by atoms with Gasteiger partial charge in [0.1, 0.15) is 6.17 Å². The highest BCUT2D eigenvalue weighted by atomic mass is 19.3. The molecular weight excluding hydrogens is 475 g/mol. The molecule has 1 aliphatic rings. The number of amides is 1. The molecule has 184 valence electrons. The first kappa shape index (κ1) is 23.3. The van der Waals surface area contributed by atoms with Crippen LogP contribution in [0.4, 0.5) is 30.4 Å². The molecule has 3 N–H and O–H groups in total. The normalized spacial score (nSPS) is 16.7. The molecule has 3 aromatic heterocycles. The molecule has 0 spiro atoms. The standard InChI is InChI=1S/C24H20F3N7O2/c1-28-17-7-8-30-34-20(24(36)32-18-9-14(18)25)22(33-23(17)34)31-16-4-2-3-13(19(16)21(26)27)15-6-5-12(11-35)10-29-15/h2-8,10-11,14,18,21,28,31H,9H2,1H3,(H,32,36)/t14-,18+/m0/s1. The van der Waals surface area contributed by atoms with Gasteiger partial charge in [-0.05, 0) is 24.3 Å². The Labute approximate surface area is 202 Å². The number of aldehydes is 1. The fraction of sp³-hybridized carbons (Fsp3) is 0.208. The second-order valence-electron chi connectivity index (χ2n) is 8.16. The number of anilines is 3. The predicted molar refractivity (Wildman–Crippen MR) is 127 cm³/mol. The number of fused-ring (bicyclic) bond motifs is 1. The van der Waals surface area contributed by atoms with Gasteiger partial charge in [0.25, 0.3) is 12.3 Å². The number of nitrogens with zero attached hydrogens (tertiary/aromatic N) is 4. The van der Waals surface area contributed by atoms with Crippen molar-refractivity contribution in [3.8, 4) is 11.3 Å². The highest BCUT2D eigenvalue weighted by Gasteiger charge is 2.40. The van der Waals surface area contributed by atoms with E-state index in [9.17, 15) is 22.8 Å². The monoisotopic (exact) mass is 495 g/mol. The van der Waals surface area contributed by atoms with E-state index in [0.717, 1.165) is 0 Å². The van der Waals surface area contributed by atoms with Crippen molar-refractivity contribution in [1.82, 2.24) is 24.9 Å². The number of imidazole rings is 1. The van der Waals surface area contributed by atoms with E-state index < -0.39 is 24.5 Å². The highest BCUT2D eigenvalue weighted by molar-refractivity contribution is 6.00. The minimum Gasteiger partial charge on any atom is -0.385 e. The van der Waals surface area contributed by atoms with Crippen molar-refractivity contribution in [2.45, 2.75) is 25.1 Å². The lowest BCUT2D eigenvalue weighted by molar-refractivity contribution is 0.0941. The molecule has 1 aliphatic carbocycles. The molecule has 0 aliphatic heterocycles. The number of aromatic nitrogens is 4. The van der Waals surface area contributed by atoms with Crippen molar-refractivity contribution in [3.05, 3.63) is 65.6 Å². The third-order valence-corrected chi connectivity index (χ3v) is 5.81. The summed E-state index contributed by atoms with van der Waals surface area (Å²) in [5.74, 6) is -0.668. The molecule has 36 heavy (non-hydrogen) atoms. The van der Waals surface area contributed by atoms with Crippen LogP contribution in [0.25, 0.3) is 16.9 Å². The lowest BCUT2D eigenvalue weighted by Crippen LogP contribution is -2.29. The first-order valence-electron chi connectivity index (χ1n) is 11.0. The SMILES string of the molecule is CNc1ccnn2c(C(=O)N[C@@H]3C[C@@H]3F)c(Nc3cccc(-c4ccc(C=O)cn4)c3C(F)F)nc12. The minimum atomic E-state index is -2.91. The number of carbonyl (C=O) groups excluding carboxylic acids is 2. The quantitative estimate of drug-likeness (QED) is 0.315. The summed E-state index contributed by atoms with van der Waals surface area (Å²) in [5.41, 5.74) is 1.11. The van der Waals surface area contributed by atoms with E-state index in [1.807, 2.05) is 0 Å². The number of carbonyl (C=O) groups is 2. The molecule has 4 aromatic rings. The Balaban J connectivity index is 1.61. The van der Waals surface area contributed by atoms with Crippen LogP contribution in [0.2, 0.25) is 0 Å². The first-order chi connectivity index (χ1) is 17.4. The Morgan fingerprint density at radius 2 is 2.00 bits per heavy atom. The fourth-order valence-corrected chi connectivity index (χ4v) is 3.88. The number of rotatable bonds is 8. The van der Waals surface area contributed by atoms with Gasteiger partial charge in [-0.15, -0.1) is 0 Å². The highest BCUT2D eigenvalue weighted by Crippen LogP contribution is 2.38. The van der Waals surface area contributed by atoms with Crippen molar-refractivity contribution in [3.63, 3.8) is 0 Å². The molecule has 1 amide bonds. The molecule has 0 saturated heterocycles. The fourth-order valence-electron chi connectivity index (χ4n) is 3.88. The topological polar surface area (TPSA) is 113 Å². The van der Waals surface area contributed by atoms with Gasteiger partial charge in [-0.3, -0.25) is 14.6 Å². The first-order valence-corrected chi connectivity index (χ1v) is 11.0. The zero-order valence-corrected chi connectivity index (χ0v) is 18.9. The summed E-state index contributed by atoms with van der Waals surface area (Å²) in [6.07, 6.45) is -0.479. The zero-order valence-electron chi connectivity index (χ0n) is 18.9. The summed E-state index contributed by atoms with van der Waals surface area (Å²) in [5, 5.41) is 12.6. The van der Waals surface area contributed by atoms with Crippen LogP contribution in [-0.2, 0) is 0 Å². The van der Waals surface area contributed by atoms with E-state index in [0.29, 0.717) is 17.5 Å². The molecule has 0 radical (unpaired) electrons. The molecule has 12 heteroatoms. The Bertz CT molecular complexity index is 1460. The molecular formula is C24H20F3N7O2. The Morgan fingerprint density at radius 3 is 2.64 bits per heavy atom. The van der Waals surface area contributed by atoms with Gasteiger partial charge in [-0.2, -0.15) is 5.10 Å². The van der Waals surface area contributed by atoms with Gasteiger partial charge in [0.2, 0.25) is 0 Å². The van der Waals surface area contributed by atoms with Gasteiger partial charge in [-0.25, -0.2) is 22.7 Å². The number of benzene rings is 1. The van der Waals surface area contributed by atoms with Crippen LogP contribution in [0.3, 0.4) is 0 Å². The van der Waals surface area contributed by atoms with Crippen LogP contribution in [0, 0.1) is 0 Å². The van der Waals surface area contributed by atoms with Crippen molar-refractivity contribution in [2.24, 2.45) is 0 Å². The number of hydrogen-bond donors (Lipinski definition) is 3. The van der Waals surface area contributed by atoms with E-state index in [1.54, 1.807) is 19.2 Å². The maximum Gasteiger partial charge on any atom is 0.274 e. The predicted octanol–water partition coefficient (Wildman–Crippen LogP) is 4.17. The van der Waals surface area contributed by atoms with Gasteiger partial charge in [0.15, 0.2) is 23.4 Å². The van der Waals surface area contributed by atoms with Gasteiger partial charge >= 0.3 is 0 Å². The lowest BCUT2D eigenvalue weighted by Gasteiger charge is -2.15. The van der Waals surface area contributed by atoms with E-state index in [4.69, 9.17) is 0 Å². The van der Waals surface area contributed by atoms with Gasteiger partial charge in [0.05, 0.1) is 29.2 Å². The number of alkyl halides is 3. The summed E-state index contributed by atoms with van der Waals surface area (Å²) in [6.45, 7) is 0. The maximum atomic E-state index is 14.3. The van der Waals surface area contributed by atoms with E-state index >= 15 is 0 Å². The number of nitrogens with one attached hydrogen (secondary N) is 3. The van der Waals surface area contributed by atoms with E-state index in [2.05, 4.69) is 31.0 Å². The van der Waals surface area contributed by atoms with Crippen molar-refractivity contribution < 1.29 is 22.8 Å². The third-order valence-electron chi connectivity index (χ3n) is 5.81. The Morgan fingerprint density at radius 1 is 1.19 bits per heavy atom. The van der Waals surface area contributed by atoms with Gasteiger partial charge in [0, 0.05) is 36.5 Å². The van der Waals surface area contributed by atoms with Crippen LogP contribution >= 0.6 is 0 Å². The van der Waals surface area contributed by atoms with Crippen LogP contribution in [0.5, 0.6) is 0 Å². The van der Waals surface area contributed by atoms with Crippen molar-refractivity contribution >= 4 is 35.0 Å². The molecule has 9 nitrogen and oxygen atoms in total. The Kier molecular flexibility index (Phi) is 6.00. The summed E-state index contributed by atoms with van der Waals surface area (Å²) in [7, 11) is 1.66.